The van der Waals surface area contributed by atoms with Gasteiger partial charge in [0.1, 0.15) is 11.4 Å². The number of hydrogen-bond donors (Lipinski definition) is 2. The summed E-state index contributed by atoms with van der Waals surface area (Å²) in [5, 5.41) is 2.88. The Morgan fingerprint density at radius 2 is 1.93 bits per heavy atom. The zero-order valence-corrected chi connectivity index (χ0v) is 18.7. The molecule has 1 aliphatic carbocycles. The number of methoxy groups -OCH3 is 1. The molecule has 1 aliphatic heterocycles. The van der Waals surface area contributed by atoms with Crippen LogP contribution in [0, 0.1) is 0 Å². The highest BCUT2D eigenvalue weighted by Gasteiger charge is 2.47. The summed E-state index contributed by atoms with van der Waals surface area (Å²) in [5.41, 5.74) is 1.09. The average molecular weight is 475 g/mol. The van der Waals surface area contributed by atoms with Gasteiger partial charge in [0, 0.05) is 11.0 Å². The number of carbonyl (C=O) groups excluding carboxylic acids is 2. The zero-order valence-electron chi connectivity index (χ0n) is 17.1. The summed E-state index contributed by atoms with van der Waals surface area (Å²) in [4.78, 5) is 35.6. The number of rotatable bonds is 4. The fraction of sp³-hybridized carbons (Fsp3) is 0.500. The largest absolute Gasteiger partial charge is 0.453 e. The zero-order chi connectivity index (χ0) is 21.1. The summed E-state index contributed by atoms with van der Waals surface area (Å²) in [6.45, 7) is 0.669. The number of carbonyl (C=O) groups is 2. The number of imidazole rings is 1. The van der Waals surface area contributed by atoms with Crippen molar-refractivity contribution in [2.24, 2.45) is 0 Å². The minimum absolute atomic E-state index is 0.0170. The molecule has 2 aliphatic rings. The Hall–Kier alpha value is -2.35. The van der Waals surface area contributed by atoms with E-state index in [1.54, 1.807) is 0 Å². The molecule has 2 aromatic rings. The minimum atomic E-state index is -0.880. The van der Waals surface area contributed by atoms with Gasteiger partial charge in [-0.1, -0.05) is 47.3 Å². The number of ether oxygens (including phenoxy) is 1. The van der Waals surface area contributed by atoms with E-state index in [4.69, 9.17) is 4.74 Å². The van der Waals surface area contributed by atoms with Crippen LogP contribution in [0.4, 0.5) is 4.79 Å². The maximum absolute atomic E-state index is 13.7. The van der Waals surface area contributed by atoms with Crippen LogP contribution in [0.15, 0.2) is 34.9 Å². The number of aromatic nitrogens is 2. The fourth-order valence-corrected chi connectivity index (χ4v) is 4.91. The molecule has 2 N–H and O–H groups in total. The highest BCUT2D eigenvalue weighted by atomic mass is 79.9. The summed E-state index contributed by atoms with van der Waals surface area (Å²) in [7, 11) is 1.33. The van der Waals surface area contributed by atoms with Crippen LogP contribution < -0.4 is 5.32 Å². The smallest absolute Gasteiger partial charge is 0.407 e. The van der Waals surface area contributed by atoms with E-state index in [0.29, 0.717) is 19.4 Å². The average Bonchev–Trinajstić information content (AvgIpc) is 3.44. The van der Waals surface area contributed by atoms with Gasteiger partial charge in [-0.25, -0.2) is 9.78 Å². The number of benzene rings is 1. The normalized spacial score (nSPS) is 20.7. The van der Waals surface area contributed by atoms with Gasteiger partial charge < -0.3 is 19.9 Å². The number of likely N-dealkylation sites (tertiary alicyclic amines) is 1. The van der Waals surface area contributed by atoms with Crippen LogP contribution in [0.3, 0.4) is 0 Å². The third-order valence-electron chi connectivity index (χ3n) is 6.22. The third-order valence-corrected chi connectivity index (χ3v) is 6.75. The van der Waals surface area contributed by atoms with Gasteiger partial charge in [-0.3, -0.25) is 4.79 Å². The minimum Gasteiger partial charge on any atom is -0.453 e. The molecule has 1 aromatic heterocycles. The van der Waals surface area contributed by atoms with Crippen LogP contribution in [0.25, 0.3) is 11.3 Å². The Balaban J connectivity index is 1.57. The Kier molecular flexibility index (Phi) is 6.13. The molecule has 0 spiro atoms. The molecule has 1 saturated heterocycles. The molecule has 0 bridgehead atoms. The first-order valence-electron chi connectivity index (χ1n) is 10.5. The van der Waals surface area contributed by atoms with Gasteiger partial charge in [0.05, 0.1) is 25.0 Å². The van der Waals surface area contributed by atoms with Crippen molar-refractivity contribution >= 4 is 27.9 Å². The Morgan fingerprint density at radius 1 is 1.20 bits per heavy atom. The van der Waals surface area contributed by atoms with Gasteiger partial charge in [-0.2, -0.15) is 0 Å². The lowest BCUT2D eigenvalue weighted by molar-refractivity contribution is -0.140. The molecule has 4 rings (SSSR count). The lowest BCUT2D eigenvalue weighted by Gasteiger charge is -2.40. The van der Waals surface area contributed by atoms with Gasteiger partial charge in [0.15, 0.2) is 0 Å². The quantitative estimate of drug-likeness (QED) is 0.679. The van der Waals surface area contributed by atoms with Crippen LogP contribution in [-0.2, 0) is 9.53 Å². The van der Waals surface area contributed by atoms with E-state index >= 15 is 0 Å². The summed E-state index contributed by atoms with van der Waals surface area (Å²) < 4.78 is 5.84. The van der Waals surface area contributed by atoms with Crippen molar-refractivity contribution in [1.82, 2.24) is 20.2 Å². The fourth-order valence-electron chi connectivity index (χ4n) is 4.65. The van der Waals surface area contributed by atoms with Gasteiger partial charge in [0.2, 0.25) is 5.91 Å². The van der Waals surface area contributed by atoms with Crippen molar-refractivity contribution in [3.63, 3.8) is 0 Å². The van der Waals surface area contributed by atoms with Gasteiger partial charge in [0.25, 0.3) is 0 Å². The molecule has 1 atom stereocenters. The molecule has 160 valence electrons. The number of alkyl carbamates (subject to hydrolysis) is 1. The van der Waals surface area contributed by atoms with E-state index in [9.17, 15) is 9.59 Å². The second-order valence-corrected chi connectivity index (χ2v) is 9.02. The molecule has 2 heterocycles. The molecule has 7 nitrogen and oxygen atoms in total. The molecule has 1 saturated carbocycles. The lowest BCUT2D eigenvalue weighted by Crippen LogP contribution is -2.60. The van der Waals surface area contributed by atoms with Crippen molar-refractivity contribution in [1.29, 1.82) is 0 Å². The summed E-state index contributed by atoms with van der Waals surface area (Å²) in [6, 6.07) is 7.92. The maximum atomic E-state index is 13.7. The van der Waals surface area contributed by atoms with Crippen molar-refractivity contribution in [2.45, 2.75) is 56.5 Å². The lowest BCUT2D eigenvalue weighted by atomic mass is 9.80. The number of aromatic amines is 1. The first-order valence-corrected chi connectivity index (χ1v) is 11.3. The SMILES string of the molecule is COC(=O)NC1(C(=O)N2CCC[C@H]2c2ncc(-c3ccc(Br)cc3)[nH]2)CCCCC1. The predicted octanol–water partition coefficient (Wildman–Crippen LogP) is 4.56. The van der Waals surface area contributed by atoms with Crippen molar-refractivity contribution in [2.75, 3.05) is 13.7 Å². The highest BCUT2D eigenvalue weighted by molar-refractivity contribution is 9.10. The molecular weight excluding hydrogens is 448 g/mol. The first kappa shape index (κ1) is 20.9. The Bertz CT molecular complexity index is 905. The predicted molar refractivity (Wildman–Crippen MR) is 117 cm³/mol. The second-order valence-electron chi connectivity index (χ2n) is 8.10. The summed E-state index contributed by atoms with van der Waals surface area (Å²) in [5.74, 6) is 0.777. The summed E-state index contributed by atoms with van der Waals surface area (Å²) in [6.07, 6.45) is 7.26. The second kappa shape index (κ2) is 8.79. The van der Waals surface area contributed by atoms with E-state index in [1.807, 2.05) is 35.4 Å². The number of hydrogen-bond acceptors (Lipinski definition) is 4. The van der Waals surface area contributed by atoms with Crippen LogP contribution in [0.1, 0.15) is 56.8 Å². The summed E-state index contributed by atoms with van der Waals surface area (Å²) >= 11 is 3.46. The number of H-pyrrole nitrogens is 1. The van der Waals surface area contributed by atoms with E-state index < -0.39 is 11.6 Å². The molecule has 0 radical (unpaired) electrons. The van der Waals surface area contributed by atoms with Crippen molar-refractivity contribution in [3.8, 4) is 11.3 Å². The van der Waals surface area contributed by atoms with Crippen molar-refractivity contribution < 1.29 is 14.3 Å². The number of halogens is 1. The van der Waals surface area contributed by atoms with Gasteiger partial charge in [-0.15, -0.1) is 0 Å². The third kappa shape index (κ3) is 4.10. The van der Waals surface area contributed by atoms with Crippen LogP contribution in [0.5, 0.6) is 0 Å². The number of amides is 2. The van der Waals surface area contributed by atoms with Gasteiger partial charge in [-0.05, 0) is 43.4 Å². The molecular formula is C22H27BrN4O3. The molecule has 2 amide bonds. The van der Waals surface area contributed by atoms with Crippen LogP contribution in [-0.4, -0.2) is 46.1 Å². The Labute approximate surface area is 184 Å². The molecule has 8 heteroatoms. The van der Waals surface area contributed by atoms with E-state index in [1.165, 1.54) is 7.11 Å². The first-order chi connectivity index (χ1) is 14.5. The van der Waals surface area contributed by atoms with E-state index in [-0.39, 0.29) is 11.9 Å². The topological polar surface area (TPSA) is 87.3 Å². The molecule has 2 fully saturated rings. The number of nitrogens with one attached hydrogen (secondary N) is 2. The van der Waals surface area contributed by atoms with Crippen molar-refractivity contribution in [3.05, 3.63) is 40.8 Å². The monoisotopic (exact) mass is 474 g/mol. The maximum Gasteiger partial charge on any atom is 0.407 e. The van der Waals surface area contributed by atoms with E-state index in [2.05, 4.69) is 31.2 Å². The van der Waals surface area contributed by atoms with Crippen LogP contribution in [0.2, 0.25) is 0 Å². The molecule has 30 heavy (non-hydrogen) atoms. The standard InChI is InChI=1S/C22H27BrN4O3/c1-30-21(29)26-22(11-3-2-4-12-22)20(28)27-13-5-6-18(27)19-24-14-17(25-19)15-7-9-16(23)10-8-15/h7-10,14,18H,2-6,11-13H2,1H3,(H,24,25)(H,26,29)/t18-/m0/s1. The highest BCUT2D eigenvalue weighted by Crippen LogP contribution is 2.37. The molecule has 0 unspecified atom stereocenters. The molecule has 1 aromatic carbocycles. The van der Waals surface area contributed by atoms with Gasteiger partial charge >= 0.3 is 6.09 Å². The van der Waals surface area contributed by atoms with Crippen LogP contribution >= 0.6 is 15.9 Å². The Morgan fingerprint density at radius 3 is 2.63 bits per heavy atom. The van der Waals surface area contributed by atoms with E-state index in [0.717, 1.165) is 53.7 Å². The number of nitrogens with zero attached hydrogens (tertiary/aromatic N) is 2.